The quantitative estimate of drug-likeness (QED) is 0.696. The van der Waals surface area contributed by atoms with Crippen molar-refractivity contribution in [2.45, 2.75) is 6.92 Å². The summed E-state index contributed by atoms with van der Waals surface area (Å²) in [6.07, 6.45) is 0. The molecule has 2 heterocycles. The Morgan fingerprint density at radius 1 is 1.07 bits per heavy atom. The lowest BCUT2D eigenvalue weighted by atomic mass is 10.1. The number of aryl methyl sites for hydroxylation is 1. The molecule has 7 heteroatoms. The van der Waals surface area contributed by atoms with Crippen molar-refractivity contribution in [1.82, 2.24) is 4.98 Å². The average molecular weight is 407 g/mol. The van der Waals surface area contributed by atoms with E-state index in [0.29, 0.717) is 22.7 Å². The number of amides is 1. The van der Waals surface area contributed by atoms with Gasteiger partial charge >= 0.3 is 0 Å². The predicted octanol–water partition coefficient (Wildman–Crippen LogP) is 3.65. The fraction of sp³-hybridized carbons (Fsp3) is 0.304. The van der Waals surface area contributed by atoms with Gasteiger partial charge in [0.2, 0.25) is 0 Å². The second kappa shape index (κ2) is 8.59. The van der Waals surface area contributed by atoms with E-state index in [1.807, 2.05) is 18.2 Å². The van der Waals surface area contributed by atoms with Gasteiger partial charge in [-0.05, 0) is 48.9 Å². The largest absolute Gasteiger partial charge is 0.497 e. The molecule has 1 fully saturated rings. The molecular weight excluding hydrogens is 382 g/mol. The summed E-state index contributed by atoms with van der Waals surface area (Å²) in [5.74, 6) is 1.81. The number of carbonyl (C=O) groups is 1. The van der Waals surface area contributed by atoms with Gasteiger partial charge in [0.15, 0.2) is 0 Å². The molecule has 4 rings (SSSR count). The average Bonchev–Trinajstić information content (AvgIpc) is 2.79. The molecule has 0 bridgehead atoms. The van der Waals surface area contributed by atoms with Gasteiger partial charge in [-0.1, -0.05) is 0 Å². The van der Waals surface area contributed by atoms with Crippen molar-refractivity contribution >= 4 is 28.3 Å². The van der Waals surface area contributed by atoms with Crippen molar-refractivity contribution in [2.75, 3.05) is 50.7 Å². The van der Waals surface area contributed by atoms with E-state index in [4.69, 9.17) is 19.2 Å². The Balaban J connectivity index is 1.59. The highest BCUT2D eigenvalue weighted by Crippen LogP contribution is 2.28. The monoisotopic (exact) mass is 407 g/mol. The number of fused-ring (bicyclic) bond motifs is 1. The number of hydrogen-bond donors (Lipinski definition) is 1. The van der Waals surface area contributed by atoms with Crippen LogP contribution < -0.4 is 19.7 Å². The zero-order valence-corrected chi connectivity index (χ0v) is 17.4. The first kappa shape index (κ1) is 20.0. The summed E-state index contributed by atoms with van der Waals surface area (Å²) in [6, 6.07) is 13.0. The van der Waals surface area contributed by atoms with Crippen molar-refractivity contribution in [3.63, 3.8) is 0 Å². The van der Waals surface area contributed by atoms with Gasteiger partial charge in [0, 0.05) is 30.2 Å². The SMILES string of the molecule is COc1ccc(C(=O)Nc2ccc3nc(N4CCOCC4)cc(C)c3c2)c(OC)c1. The van der Waals surface area contributed by atoms with Crippen molar-refractivity contribution in [2.24, 2.45) is 0 Å². The third-order valence-electron chi connectivity index (χ3n) is 5.25. The summed E-state index contributed by atoms with van der Waals surface area (Å²) >= 11 is 0. The zero-order valence-electron chi connectivity index (χ0n) is 17.4. The van der Waals surface area contributed by atoms with Crippen LogP contribution in [0.5, 0.6) is 11.5 Å². The van der Waals surface area contributed by atoms with Gasteiger partial charge in [0.1, 0.15) is 17.3 Å². The molecule has 3 aromatic rings. The number of hydrogen-bond acceptors (Lipinski definition) is 6. The molecule has 0 spiro atoms. The predicted molar refractivity (Wildman–Crippen MR) is 117 cm³/mol. The number of methoxy groups -OCH3 is 2. The first-order chi connectivity index (χ1) is 14.6. The normalized spacial score (nSPS) is 13.9. The number of benzene rings is 2. The van der Waals surface area contributed by atoms with E-state index in [9.17, 15) is 4.79 Å². The molecule has 1 N–H and O–H groups in total. The minimum atomic E-state index is -0.246. The number of nitrogens with zero attached hydrogens (tertiary/aromatic N) is 2. The maximum Gasteiger partial charge on any atom is 0.259 e. The summed E-state index contributed by atoms with van der Waals surface area (Å²) in [5, 5.41) is 3.96. The zero-order chi connectivity index (χ0) is 21.1. The van der Waals surface area contributed by atoms with E-state index < -0.39 is 0 Å². The van der Waals surface area contributed by atoms with Crippen LogP contribution in [0.3, 0.4) is 0 Å². The van der Waals surface area contributed by atoms with Crippen molar-refractivity contribution < 1.29 is 19.0 Å². The second-order valence-corrected chi connectivity index (χ2v) is 7.15. The van der Waals surface area contributed by atoms with Gasteiger partial charge in [0.25, 0.3) is 5.91 Å². The second-order valence-electron chi connectivity index (χ2n) is 7.15. The van der Waals surface area contributed by atoms with Gasteiger partial charge in [-0.15, -0.1) is 0 Å². The van der Waals surface area contributed by atoms with Crippen LogP contribution in [0.15, 0.2) is 42.5 Å². The summed E-state index contributed by atoms with van der Waals surface area (Å²) in [6.45, 7) is 5.19. The van der Waals surface area contributed by atoms with E-state index >= 15 is 0 Å². The minimum Gasteiger partial charge on any atom is -0.497 e. The number of ether oxygens (including phenoxy) is 3. The number of pyridine rings is 1. The molecule has 0 unspecified atom stereocenters. The molecule has 156 valence electrons. The Hall–Kier alpha value is -3.32. The molecule has 1 saturated heterocycles. The van der Waals surface area contributed by atoms with Crippen LogP contribution >= 0.6 is 0 Å². The van der Waals surface area contributed by atoms with Crippen molar-refractivity contribution in [3.05, 3.63) is 53.6 Å². The van der Waals surface area contributed by atoms with Crippen molar-refractivity contribution in [3.8, 4) is 11.5 Å². The molecule has 2 aromatic carbocycles. The highest BCUT2D eigenvalue weighted by Gasteiger charge is 2.16. The topological polar surface area (TPSA) is 72.9 Å². The molecule has 1 aliphatic rings. The fourth-order valence-corrected chi connectivity index (χ4v) is 3.59. The van der Waals surface area contributed by atoms with Crippen LogP contribution in [0.4, 0.5) is 11.5 Å². The van der Waals surface area contributed by atoms with E-state index in [1.165, 1.54) is 7.11 Å². The number of nitrogens with one attached hydrogen (secondary N) is 1. The third-order valence-corrected chi connectivity index (χ3v) is 5.25. The van der Waals surface area contributed by atoms with Crippen LogP contribution in [0, 0.1) is 6.92 Å². The Bertz CT molecular complexity index is 1080. The van der Waals surface area contributed by atoms with Crippen LogP contribution in [0.1, 0.15) is 15.9 Å². The standard InChI is InChI=1S/C23H25N3O4/c1-15-12-22(26-8-10-30-11-9-26)25-20-7-4-16(13-19(15)20)24-23(27)18-6-5-17(28-2)14-21(18)29-3/h4-7,12-14H,8-11H2,1-3H3,(H,24,27). The van der Waals surface area contributed by atoms with Gasteiger partial charge in [-0.25, -0.2) is 4.98 Å². The van der Waals surface area contributed by atoms with E-state index in [-0.39, 0.29) is 5.91 Å². The van der Waals surface area contributed by atoms with Gasteiger partial charge in [-0.3, -0.25) is 4.79 Å². The van der Waals surface area contributed by atoms with Crippen LogP contribution in [-0.4, -0.2) is 51.4 Å². The Labute approximate surface area is 175 Å². The fourth-order valence-electron chi connectivity index (χ4n) is 3.59. The highest BCUT2D eigenvalue weighted by atomic mass is 16.5. The molecule has 1 aliphatic heterocycles. The maximum atomic E-state index is 12.8. The first-order valence-corrected chi connectivity index (χ1v) is 9.86. The molecule has 0 radical (unpaired) electrons. The summed E-state index contributed by atoms with van der Waals surface area (Å²) in [5.41, 5.74) is 3.15. The summed E-state index contributed by atoms with van der Waals surface area (Å²) in [7, 11) is 3.10. The van der Waals surface area contributed by atoms with Gasteiger partial charge in [-0.2, -0.15) is 0 Å². The number of rotatable bonds is 5. The number of morpholine rings is 1. The molecule has 1 amide bonds. The lowest BCUT2D eigenvalue weighted by molar-refractivity contribution is 0.102. The van der Waals surface area contributed by atoms with Crippen LogP contribution in [0.2, 0.25) is 0 Å². The Morgan fingerprint density at radius 2 is 1.87 bits per heavy atom. The lowest BCUT2D eigenvalue weighted by Crippen LogP contribution is -2.36. The summed E-state index contributed by atoms with van der Waals surface area (Å²) < 4.78 is 16.0. The number of anilines is 2. The number of aromatic nitrogens is 1. The maximum absolute atomic E-state index is 12.8. The van der Waals surface area contributed by atoms with Crippen LogP contribution in [-0.2, 0) is 4.74 Å². The molecule has 0 aliphatic carbocycles. The highest BCUT2D eigenvalue weighted by molar-refractivity contribution is 6.07. The summed E-state index contributed by atoms with van der Waals surface area (Å²) in [4.78, 5) is 19.9. The van der Waals surface area contributed by atoms with Gasteiger partial charge < -0.3 is 24.4 Å². The molecule has 0 atom stereocenters. The smallest absolute Gasteiger partial charge is 0.259 e. The first-order valence-electron chi connectivity index (χ1n) is 9.86. The molecular formula is C23H25N3O4. The van der Waals surface area contributed by atoms with Crippen LogP contribution in [0.25, 0.3) is 10.9 Å². The Kier molecular flexibility index (Phi) is 5.72. The van der Waals surface area contributed by atoms with E-state index in [1.54, 1.807) is 25.3 Å². The third kappa shape index (κ3) is 4.02. The molecule has 1 aromatic heterocycles. The lowest BCUT2D eigenvalue weighted by Gasteiger charge is -2.28. The van der Waals surface area contributed by atoms with Crippen molar-refractivity contribution in [1.29, 1.82) is 0 Å². The van der Waals surface area contributed by atoms with Gasteiger partial charge in [0.05, 0.1) is 38.5 Å². The minimum absolute atomic E-state index is 0.246. The molecule has 0 saturated carbocycles. The molecule has 30 heavy (non-hydrogen) atoms. The van der Waals surface area contributed by atoms with E-state index in [0.717, 1.165) is 48.6 Å². The Morgan fingerprint density at radius 3 is 2.60 bits per heavy atom. The molecule has 7 nitrogen and oxygen atoms in total. The van der Waals surface area contributed by atoms with E-state index in [2.05, 4.69) is 23.2 Å². The number of carbonyl (C=O) groups excluding carboxylic acids is 1.